The highest BCUT2D eigenvalue weighted by atomic mass is 16.4. The van der Waals surface area contributed by atoms with Crippen molar-refractivity contribution in [2.24, 2.45) is 4.99 Å². The number of hydrogen-bond donors (Lipinski definition) is 2. The van der Waals surface area contributed by atoms with E-state index in [0.29, 0.717) is 12.4 Å². The van der Waals surface area contributed by atoms with Crippen molar-refractivity contribution in [3.05, 3.63) is 47.4 Å². The number of benzene rings is 1. The van der Waals surface area contributed by atoms with Gasteiger partial charge in [-0.25, -0.2) is 15.0 Å². The SMILES string of the molecule is CCNC(=NCc1nc(C)c(C)o1)NCCn1c(C)nc2ccccc21. The normalized spacial score (nSPS) is 11.9. The van der Waals surface area contributed by atoms with Crippen molar-refractivity contribution in [1.29, 1.82) is 0 Å². The van der Waals surface area contributed by atoms with E-state index >= 15 is 0 Å². The molecular weight excluding hydrogens is 328 g/mol. The van der Waals surface area contributed by atoms with E-state index in [2.05, 4.69) is 36.2 Å². The first kappa shape index (κ1) is 18.0. The minimum absolute atomic E-state index is 0.414. The summed E-state index contributed by atoms with van der Waals surface area (Å²) in [5.74, 6) is 3.24. The number of nitrogens with zero attached hydrogens (tertiary/aromatic N) is 4. The van der Waals surface area contributed by atoms with Crippen LogP contribution in [0, 0.1) is 20.8 Å². The molecule has 0 aliphatic heterocycles. The summed E-state index contributed by atoms with van der Waals surface area (Å²) in [5.41, 5.74) is 3.09. The van der Waals surface area contributed by atoms with Crippen LogP contribution in [0.1, 0.15) is 30.1 Å². The first-order valence-corrected chi connectivity index (χ1v) is 8.95. The summed E-state index contributed by atoms with van der Waals surface area (Å²) in [6.07, 6.45) is 0. The highest BCUT2D eigenvalue weighted by molar-refractivity contribution is 5.79. The topological polar surface area (TPSA) is 80.3 Å². The predicted octanol–water partition coefficient (Wildman–Crippen LogP) is 2.70. The molecule has 7 heteroatoms. The lowest BCUT2D eigenvalue weighted by Crippen LogP contribution is -2.38. The molecule has 26 heavy (non-hydrogen) atoms. The number of hydrogen-bond acceptors (Lipinski definition) is 4. The van der Waals surface area contributed by atoms with Crippen LogP contribution in [-0.4, -0.2) is 33.6 Å². The zero-order valence-electron chi connectivity index (χ0n) is 15.8. The fourth-order valence-corrected chi connectivity index (χ4v) is 2.86. The molecule has 0 aliphatic rings. The summed E-state index contributed by atoms with van der Waals surface area (Å²) in [4.78, 5) is 13.5. The number of aliphatic imine (C=N–C) groups is 1. The molecule has 0 amide bonds. The Balaban J connectivity index is 1.63. The van der Waals surface area contributed by atoms with E-state index < -0.39 is 0 Å². The molecule has 0 radical (unpaired) electrons. The van der Waals surface area contributed by atoms with Crippen molar-refractivity contribution >= 4 is 17.0 Å². The summed E-state index contributed by atoms with van der Waals surface area (Å²) in [5, 5.41) is 6.61. The monoisotopic (exact) mass is 354 g/mol. The summed E-state index contributed by atoms with van der Waals surface area (Å²) < 4.78 is 7.80. The second-order valence-electron chi connectivity index (χ2n) is 6.17. The molecule has 2 heterocycles. The second kappa shape index (κ2) is 8.03. The van der Waals surface area contributed by atoms with Crippen LogP contribution in [0.15, 0.2) is 33.7 Å². The van der Waals surface area contributed by atoms with Gasteiger partial charge < -0.3 is 19.6 Å². The zero-order valence-corrected chi connectivity index (χ0v) is 15.8. The molecule has 7 nitrogen and oxygen atoms in total. The van der Waals surface area contributed by atoms with E-state index in [1.807, 2.05) is 45.9 Å². The first-order chi connectivity index (χ1) is 12.6. The number of nitrogens with one attached hydrogen (secondary N) is 2. The van der Waals surface area contributed by atoms with E-state index in [1.54, 1.807) is 0 Å². The van der Waals surface area contributed by atoms with Crippen molar-refractivity contribution in [2.75, 3.05) is 13.1 Å². The highest BCUT2D eigenvalue weighted by Crippen LogP contribution is 2.14. The van der Waals surface area contributed by atoms with Crippen molar-refractivity contribution in [3.63, 3.8) is 0 Å². The van der Waals surface area contributed by atoms with E-state index in [9.17, 15) is 0 Å². The van der Waals surface area contributed by atoms with Gasteiger partial charge in [0.15, 0.2) is 5.96 Å². The van der Waals surface area contributed by atoms with Crippen molar-refractivity contribution in [1.82, 2.24) is 25.2 Å². The van der Waals surface area contributed by atoms with Gasteiger partial charge >= 0.3 is 0 Å². The van der Waals surface area contributed by atoms with Crippen molar-refractivity contribution in [2.45, 2.75) is 40.8 Å². The average Bonchev–Trinajstić information content (AvgIpc) is 3.11. The zero-order chi connectivity index (χ0) is 18.5. The minimum Gasteiger partial charge on any atom is -0.444 e. The van der Waals surface area contributed by atoms with Gasteiger partial charge in [0.2, 0.25) is 5.89 Å². The van der Waals surface area contributed by atoms with Crippen LogP contribution in [0.3, 0.4) is 0 Å². The smallest absolute Gasteiger partial charge is 0.216 e. The van der Waals surface area contributed by atoms with E-state index in [4.69, 9.17) is 4.42 Å². The Kier molecular flexibility index (Phi) is 5.55. The minimum atomic E-state index is 0.414. The first-order valence-electron chi connectivity index (χ1n) is 8.95. The lowest BCUT2D eigenvalue weighted by Gasteiger charge is -2.12. The lowest BCUT2D eigenvalue weighted by atomic mass is 10.3. The molecule has 3 rings (SSSR count). The lowest BCUT2D eigenvalue weighted by molar-refractivity contribution is 0.472. The molecule has 0 unspecified atom stereocenters. The number of rotatable bonds is 6. The van der Waals surface area contributed by atoms with Gasteiger partial charge in [0.1, 0.15) is 18.1 Å². The second-order valence-corrected chi connectivity index (χ2v) is 6.17. The molecule has 0 saturated heterocycles. The maximum absolute atomic E-state index is 5.58. The predicted molar refractivity (Wildman–Crippen MR) is 103 cm³/mol. The summed E-state index contributed by atoms with van der Waals surface area (Å²) >= 11 is 0. The van der Waals surface area contributed by atoms with Gasteiger partial charge in [0.05, 0.1) is 16.7 Å². The van der Waals surface area contributed by atoms with Crippen LogP contribution < -0.4 is 10.6 Å². The van der Waals surface area contributed by atoms with Gasteiger partial charge in [0.25, 0.3) is 0 Å². The summed E-state index contributed by atoms with van der Waals surface area (Å²) in [6.45, 7) is 10.7. The van der Waals surface area contributed by atoms with Gasteiger partial charge in [-0.3, -0.25) is 0 Å². The van der Waals surface area contributed by atoms with Crippen LogP contribution in [-0.2, 0) is 13.1 Å². The van der Waals surface area contributed by atoms with Gasteiger partial charge in [-0.05, 0) is 39.8 Å². The maximum Gasteiger partial charge on any atom is 0.216 e. The Morgan fingerprint density at radius 2 is 1.96 bits per heavy atom. The third-order valence-electron chi connectivity index (χ3n) is 4.26. The molecule has 0 saturated carbocycles. The third-order valence-corrected chi connectivity index (χ3v) is 4.26. The Morgan fingerprint density at radius 1 is 1.15 bits per heavy atom. The fraction of sp³-hybridized carbons (Fsp3) is 0.421. The molecule has 138 valence electrons. The number of oxazole rings is 1. The summed E-state index contributed by atoms with van der Waals surface area (Å²) in [6, 6.07) is 8.19. The Hall–Kier alpha value is -2.83. The molecule has 2 N–H and O–H groups in total. The standard InChI is InChI=1S/C19H26N6O/c1-5-20-19(22-12-18-23-13(2)14(3)26-18)21-10-11-25-15(4)24-16-8-6-7-9-17(16)25/h6-9H,5,10-12H2,1-4H3,(H2,20,21,22). The third kappa shape index (κ3) is 4.04. The molecule has 2 aromatic heterocycles. The van der Waals surface area contributed by atoms with E-state index in [1.165, 1.54) is 0 Å². The number of guanidine groups is 1. The van der Waals surface area contributed by atoms with Gasteiger partial charge in [0, 0.05) is 19.6 Å². The van der Waals surface area contributed by atoms with E-state index in [0.717, 1.165) is 53.9 Å². The highest BCUT2D eigenvalue weighted by Gasteiger charge is 2.08. The number of imidazole rings is 1. The van der Waals surface area contributed by atoms with Crippen LogP contribution in [0.4, 0.5) is 0 Å². The number of aromatic nitrogens is 3. The summed E-state index contributed by atoms with van der Waals surface area (Å²) in [7, 11) is 0. The van der Waals surface area contributed by atoms with Crippen molar-refractivity contribution in [3.8, 4) is 0 Å². The molecular formula is C19H26N6O. The largest absolute Gasteiger partial charge is 0.444 e. The molecule has 0 aliphatic carbocycles. The number of para-hydroxylation sites is 2. The average molecular weight is 354 g/mol. The van der Waals surface area contributed by atoms with E-state index in [-0.39, 0.29) is 0 Å². The fourth-order valence-electron chi connectivity index (χ4n) is 2.86. The van der Waals surface area contributed by atoms with Crippen LogP contribution in [0.2, 0.25) is 0 Å². The van der Waals surface area contributed by atoms with Gasteiger partial charge in [-0.1, -0.05) is 12.1 Å². The molecule has 0 atom stereocenters. The Bertz CT molecular complexity index is 889. The van der Waals surface area contributed by atoms with Crippen LogP contribution in [0.5, 0.6) is 0 Å². The van der Waals surface area contributed by atoms with Crippen molar-refractivity contribution < 1.29 is 4.42 Å². The van der Waals surface area contributed by atoms with Crippen LogP contribution >= 0.6 is 0 Å². The molecule has 1 aromatic carbocycles. The molecule has 0 fully saturated rings. The van der Waals surface area contributed by atoms with Gasteiger partial charge in [-0.2, -0.15) is 0 Å². The Morgan fingerprint density at radius 3 is 2.69 bits per heavy atom. The Labute approximate surface area is 153 Å². The molecule has 3 aromatic rings. The number of fused-ring (bicyclic) bond motifs is 1. The quantitative estimate of drug-likeness (QED) is 0.525. The molecule has 0 bridgehead atoms. The maximum atomic E-state index is 5.58. The van der Waals surface area contributed by atoms with Crippen LogP contribution in [0.25, 0.3) is 11.0 Å². The molecule has 0 spiro atoms. The van der Waals surface area contributed by atoms with Gasteiger partial charge in [-0.15, -0.1) is 0 Å². The number of aryl methyl sites for hydroxylation is 3.